The molecule has 9 nitrogen and oxygen atoms in total. The number of hydrogen-bond donors (Lipinski definition) is 1. The number of fused-ring (bicyclic) bond motifs is 1. The molecule has 2 heterocycles. The van der Waals surface area contributed by atoms with Crippen LogP contribution >= 0.6 is 0 Å². The van der Waals surface area contributed by atoms with Gasteiger partial charge in [0.1, 0.15) is 7.11 Å². The van der Waals surface area contributed by atoms with Gasteiger partial charge in [-0.3, -0.25) is 9.59 Å². The first kappa shape index (κ1) is 18.7. The van der Waals surface area contributed by atoms with Crippen molar-refractivity contribution in [2.75, 3.05) is 32.6 Å². The monoisotopic (exact) mass is 372 g/mol. The minimum Gasteiger partial charge on any atom is -0.397 e. The van der Waals surface area contributed by atoms with E-state index in [-0.39, 0.29) is 0 Å². The van der Waals surface area contributed by atoms with Gasteiger partial charge in [-0.1, -0.05) is 5.16 Å². The molecule has 0 aliphatic carbocycles. The van der Waals surface area contributed by atoms with Gasteiger partial charge >= 0.3 is 6.03 Å². The Morgan fingerprint density at radius 1 is 1.26 bits per heavy atom. The number of hydrogen-bond acceptors (Lipinski definition) is 5. The summed E-state index contributed by atoms with van der Waals surface area (Å²) >= 11 is 0. The highest BCUT2D eigenvalue weighted by Gasteiger charge is 2.62. The number of carbonyl (C=O) groups is 3. The van der Waals surface area contributed by atoms with E-state index in [2.05, 4.69) is 5.16 Å². The molecule has 4 amide bonds. The maximum absolute atomic E-state index is 13.0. The van der Waals surface area contributed by atoms with Gasteiger partial charge in [0.15, 0.2) is 5.84 Å². The number of carbonyl (C=O) groups excluding carboxylic acids is 3. The molecular weight excluding hydrogens is 350 g/mol. The van der Waals surface area contributed by atoms with Crippen LogP contribution in [-0.4, -0.2) is 66.8 Å². The number of rotatable bonds is 4. The summed E-state index contributed by atoms with van der Waals surface area (Å²) in [5, 5.41) is 3.96. The Hall–Kier alpha value is -3.10. The topological polar surface area (TPSA) is 109 Å². The Morgan fingerprint density at radius 3 is 2.44 bits per heavy atom. The van der Waals surface area contributed by atoms with Crippen LogP contribution in [0.1, 0.15) is 18.4 Å². The number of amidine groups is 1. The first-order valence-corrected chi connectivity index (χ1v) is 8.54. The van der Waals surface area contributed by atoms with Crippen LogP contribution in [0.3, 0.4) is 0 Å². The molecule has 1 aromatic rings. The van der Waals surface area contributed by atoms with E-state index in [0.717, 1.165) is 10.5 Å². The zero-order valence-electron chi connectivity index (χ0n) is 15.5. The Labute approximate surface area is 157 Å². The number of amides is 4. The van der Waals surface area contributed by atoms with Gasteiger partial charge in [0, 0.05) is 32.6 Å². The molecule has 27 heavy (non-hydrogen) atoms. The van der Waals surface area contributed by atoms with E-state index in [1.165, 1.54) is 12.0 Å². The fourth-order valence-corrected chi connectivity index (χ4v) is 3.48. The second kappa shape index (κ2) is 6.90. The van der Waals surface area contributed by atoms with Crippen molar-refractivity contribution in [2.45, 2.75) is 18.4 Å². The summed E-state index contributed by atoms with van der Waals surface area (Å²) in [5.41, 5.74) is 4.94. The standard InChI is InChI=1S/C18H22N5O4/c1-21(2)14(20-27-3)12-6-8-13(9-7-12)23-16(25)18(15(19)24)10-4-5-11-22(18)17(23)26/h6-10H,4-5,11H2,1-3H3,(H2,19,24)/t18-/m0/s1. The third kappa shape index (κ3) is 2.79. The summed E-state index contributed by atoms with van der Waals surface area (Å²) in [7, 11) is 5.10. The van der Waals surface area contributed by atoms with Gasteiger partial charge in [0.2, 0.25) is 5.54 Å². The van der Waals surface area contributed by atoms with E-state index < -0.39 is 23.4 Å². The van der Waals surface area contributed by atoms with E-state index in [0.29, 0.717) is 30.9 Å². The van der Waals surface area contributed by atoms with Crippen LogP contribution in [0.25, 0.3) is 0 Å². The molecule has 1 aromatic carbocycles. The zero-order valence-corrected chi connectivity index (χ0v) is 15.5. The summed E-state index contributed by atoms with van der Waals surface area (Å²) in [6, 6.07) is 6.18. The van der Waals surface area contributed by atoms with Crippen molar-refractivity contribution in [1.82, 2.24) is 9.80 Å². The number of piperidine rings is 1. The fourth-order valence-electron chi connectivity index (χ4n) is 3.48. The van der Waals surface area contributed by atoms with Crippen LogP contribution in [0.15, 0.2) is 29.4 Å². The Kier molecular flexibility index (Phi) is 4.77. The first-order chi connectivity index (χ1) is 12.8. The number of imide groups is 1. The normalized spacial score (nSPS) is 22.7. The quantitative estimate of drug-likeness (QED) is 0.273. The minimum atomic E-state index is -1.69. The molecule has 2 N–H and O–H groups in total. The van der Waals surface area contributed by atoms with Crippen molar-refractivity contribution in [3.8, 4) is 0 Å². The highest BCUT2D eigenvalue weighted by Crippen LogP contribution is 2.38. The van der Waals surface area contributed by atoms with Gasteiger partial charge in [-0.2, -0.15) is 0 Å². The SMILES string of the molecule is CON=C(c1ccc(N2C(=O)N3CCC[CH][C@]3(C(N)=O)C2=O)cc1)N(C)C. The lowest BCUT2D eigenvalue weighted by Crippen LogP contribution is -2.61. The maximum Gasteiger partial charge on any atom is 0.332 e. The maximum atomic E-state index is 13.0. The van der Waals surface area contributed by atoms with Crippen LogP contribution in [-0.2, 0) is 14.4 Å². The largest absolute Gasteiger partial charge is 0.397 e. The predicted octanol–water partition coefficient (Wildman–Crippen LogP) is 0.547. The van der Waals surface area contributed by atoms with E-state index >= 15 is 0 Å². The highest BCUT2D eigenvalue weighted by molar-refractivity contribution is 6.31. The van der Waals surface area contributed by atoms with Crippen LogP contribution in [0.4, 0.5) is 10.5 Å². The molecule has 3 rings (SSSR count). The number of benzene rings is 1. The van der Waals surface area contributed by atoms with E-state index in [4.69, 9.17) is 10.6 Å². The molecular formula is C18H22N5O4. The number of primary amides is 1. The highest BCUT2D eigenvalue weighted by atomic mass is 16.6. The second-order valence-electron chi connectivity index (χ2n) is 6.59. The van der Waals surface area contributed by atoms with Crippen molar-refractivity contribution in [3.05, 3.63) is 36.2 Å². The van der Waals surface area contributed by atoms with Crippen LogP contribution in [0.2, 0.25) is 0 Å². The molecule has 0 spiro atoms. The molecule has 2 saturated heterocycles. The van der Waals surface area contributed by atoms with Gasteiger partial charge in [-0.15, -0.1) is 0 Å². The molecule has 2 aliphatic heterocycles. The molecule has 0 aromatic heterocycles. The zero-order chi connectivity index (χ0) is 19.8. The summed E-state index contributed by atoms with van der Waals surface area (Å²) in [6.45, 7) is 0.309. The molecule has 0 saturated carbocycles. The van der Waals surface area contributed by atoms with Gasteiger partial charge < -0.3 is 20.4 Å². The smallest absolute Gasteiger partial charge is 0.332 e. The lowest BCUT2D eigenvalue weighted by Gasteiger charge is -2.35. The summed E-state index contributed by atoms with van der Waals surface area (Å²) in [6.07, 6.45) is 2.77. The molecule has 9 heteroatoms. The summed E-state index contributed by atoms with van der Waals surface area (Å²) < 4.78 is 0. The average Bonchev–Trinajstić information content (AvgIpc) is 2.88. The summed E-state index contributed by atoms with van der Waals surface area (Å²) in [4.78, 5) is 46.9. The lowest BCUT2D eigenvalue weighted by atomic mass is 9.86. The van der Waals surface area contributed by atoms with E-state index in [1.807, 2.05) is 14.1 Å². The van der Waals surface area contributed by atoms with Crippen LogP contribution in [0.5, 0.6) is 0 Å². The van der Waals surface area contributed by atoms with Crippen molar-refractivity contribution < 1.29 is 19.2 Å². The van der Waals surface area contributed by atoms with Gasteiger partial charge in [0.05, 0.1) is 5.69 Å². The number of nitrogens with zero attached hydrogens (tertiary/aromatic N) is 4. The van der Waals surface area contributed by atoms with Crippen LogP contribution < -0.4 is 10.6 Å². The first-order valence-electron chi connectivity index (χ1n) is 8.54. The number of nitrogens with two attached hydrogens (primary N) is 1. The molecule has 1 radical (unpaired) electrons. The van der Waals surface area contributed by atoms with E-state index in [1.54, 1.807) is 35.6 Å². The van der Waals surface area contributed by atoms with E-state index in [9.17, 15) is 14.4 Å². The Morgan fingerprint density at radius 2 is 1.93 bits per heavy atom. The predicted molar refractivity (Wildman–Crippen MR) is 98.7 cm³/mol. The number of urea groups is 1. The summed E-state index contributed by atoms with van der Waals surface area (Å²) in [5.74, 6) is -0.880. The number of oxime groups is 1. The third-order valence-corrected chi connectivity index (χ3v) is 4.76. The fraction of sp³-hybridized carbons (Fsp3) is 0.389. The third-order valence-electron chi connectivity index (χ3n) is 4.76. The Balaban J connectivity index is 1.97. The van der Waals surface area contributed by atoms with Crippen molar-refractivity contribution >= 4 is 29.4 Å². The van der Waals surface area contributed by atoms with Gasteiger partial charge in [0.25, 0.3) is 11.8 Å². The van der Waals surface area contributed by atoms with Crippen LogP contribution in [0, 0.1) is 6.42 Å². The molecule has 1 atom stereocenters. The van der Waals surface area contributed by atoms with Crippen molar-refractivity contribution in [1.29, 1.82) is 0 Å². The molecule has 0 bridgehead atoms. The number of anilines is 1. The minimum absolute atomic E-state index is 0.309. The van der Waals surface area contributed by atoms with Gasteiger partial charge in [-0.05, 0) is 37.1 Å². The molecule has 2 fully saturated rings. The lowest BCUT2D eigenvalue weighted by molar-refractivity contribution is -0.136. The van der Waals surface area contributed by atoms with Crippen molar-refractivity contribution in [2.24, 2.45) is 10.9 Å². The van der Waals surface area contributed by atoms with Gasteiger partial charge in [-0.25, -0.2) is 9.69 Å². The van der Waals surface area contributed by atoms with Crippen molar-refractivity contribution in [3.63, 3.8) is 0 Å². The average molecular weight is 372 g/mol. The molecule has 2 aliphatic rings. The molecule has 143 valence electrons. The second-order valence-corrected chi connectivity index (χ2v) is 6.59. The molecule has 0 unspecified atom stereocenters. The Bertz CT molecular complexity index is 804.